The molecule has 0 bridgehead atoms. The molecule has 0 fully saturated rings. The summed E-state index contributed by atoms with van der Waals surface area (Å²) in [6.07, 6.45) is 1.49. The van der Waals surface area contributed by atoms with Gasteiger partial charge in [-0.05, 0) is 36.4 Å². The van der Waals surface area contributed by atoms with Crippen molar-refractivity contribution in [1.82, 2.24) is 4.98 Å². The lowest BCUT2D eigenvalue weighted by atomic mass is 10.3. The molecular formula is C13H11ClN2O2. The lowest BCUT2D eigenvalue weighted by Crippen LogP contribution is -2.13. The van der Waals surface area contributed by atoms with Crippen molar-refractivity contribution in [2.24, 2.45) is 0 Å². The summed E-state index contributed by atoms with van der Waals surface area (Å²) in [7, 11) is 1.59. The van der Waals surface area contributed by atoms with E-state index in [0.29, 0.717) is 10.7 Å². The van der Waals surface area contributed by atoms with Crippen molar-refractivity contribution in [2.45, 2.75) is 0 Å². The minimum atomic E-state index is -0.303. The average Bonchev–Trinajstić information content (AvgIpc) is 2.39. The number of carbonyl (C=O) groups is 1. The van der Waals surface area contributed by atoms with E-state index in [1.165, 1.54) is 12.3 Å². The summed E-state index contributed by atoms with van der Waals surface area (Å²) in [4.78, 5) is 15.8. The quantitative estimate of drug-likeness (QED) is 0.925. The zero-order chi connectivity index (χ0) is 13.0. The number of aromatic nitrogens is 1. The van der Waals surface area contributed by atoms with Crippen LogP contribution >= 0.6 is 11.6 Å². The van der Waals surface area contributed by atoms with Gasteiger partial charge in [-0.25, -0.2) is 0 Å². The molecule has 0 spiro atoms. The molecule has 1 amide bonds. The fourth-order valence-corrected chi connectivity index (χ4v) is 1.56. The summed E-state index contributed by atoms with van der Waals surface area (Å²) in [5.41, 5.74) is 0.945. The summed E-state index contributed by atoms with van der Waals surface area (Å²) in [6, 6.07) is 10.2. The van der Waals surface area contributed by atoms with Gasteiger partial charge < -0.3 is 10.1 Å². The van der Waals surface area contributed by atoms with E-state index >= 15 is 0 Å². The first kappa shape index (κ1) is 12.4. The van der Waals surface area contributed by atoms with E-state index in [1.54, 1.807) is 37.4 Å². The number of nitrogens with one attached hydrogen (secondary N) is 1. The average molecular weight is 263 g/mol. The summed E-state index contributed by atoms with van der Waals surface area (Å²) in [6.45, 7) is 0. The Bertz CT molecular complexity index is 555. The number of hydrogen-bond acceptors (Lipinski definition) is 3. The monoisotopic (exact) mass is 262 g/mol. The largest absolute Gasteiger partial charge is 0.497 e. The molecule has 0 atom stereocenters. The Morgan fingerprint density at radius 2 is 2.00 bits per heavy atom. The molecule has 1 heterocycles. The predicted molar refractivity (Wildman–Crippen MR) is 70.2 cm³/mol. The normalized spacial score (nSPS) is 9.89. The van der Waals surface area contributed by atoms with Crippen LogP contribution in [0.2, 0.25) is 5.02 Å². The maximum Gasteiger partial charge on any atom is 0.274 e. The van der Waals surface area contributed by atoms with Crippen molar-refractivity contribution < 1.29 is 9.53 Å². The highest BCUT2D eigenvalue weighted by Gasteiger charge is 2.07. The molecule has 0 aliphatic heterocycles. The van der Waals surface area contributed by atoms with Gasteiger partial charge >= 0.3 is 0 Å². The maximum atomic E-state index is 11.9. The van der Waals surface area contributed by atoms with Crippen LogP contribution in [0.5, 0.6) is 5.75 Å². The zero-order valence-electron chi connectivity index (χ0n) is 9.68. The predicted octanol–water partition coefficient (Wildman–Crippen LogP) is 3.00. The fourth-order valence-electron chi connectivity index (χ4n) is 1.40. The molecule has 5 heteroatoms. The second-order valence-corrected chi connectivity index (χ2v) is 3.98. The van der Waals surface area contributed by atoms with E-state index in [0.717, 1.165) is 5.75 Å². The molecule has 0 unspecified atom stereocenters. The smallest absolute Gasteiger partial charge is 0.274 e. The number of amides is 1. The number of hydrogen-bond donors (Lipinski definition) is 1. The maximum absolute atomic E-state index is 11.9. The van der Waals surface area contributed by atoms with E-state index in [2.05, 4.69) is 10.3 Å². The van der Waals surface area contributed by atoms with Gasteiger partial charge in [-0.2, -0.15) is 0 Å². The zero-order valence-corrected chi connectivity index (χ0v) is 10.4. The molecule has 0 aliphatic rings. The standard InChI is InChI=1S/C13H11ClN2O2/c1-18-11-4-2-10(3-5-11)16-13(17)12-8-9(14)6-7-15-12/h2-8H,1H3,(H,16,17). The molecule has 0 saturated heterocycles. The highest BCUT2D eigenvalue weighted by Crippen LogP contribution is 2.16. The molecule has 1 aromatic carbocycles. The third kappa shape index (κ3) is 2.99. The van der Waals surface area contributed by atoms with Gasteiger partial charge in [0.15, 0.2) is 0 Å². The number of benzene rings is 1. The molecule has 92 valence electrons. The molecule has 1 aromatic heterocycles. The fraction of sp³-hybridized carbons (Fsp3) is 0.0769. The number of anilines is 1. The molecule has 0 aliphatic carbocycles. The Hall–Kier alpha value is -2.07. The second-order valence-electron chi connectivity index (χ2n) is 3.54. The lowest BCUT2D eigenvalue weighted by molar-refractivity contribution is 0.102. The van der Waals surface area contributed by atoms with Gasteiger partial charge in [0.1, 0.15) is 11.4 Å². The Morgan fingerprint density at radius 1 is 1.28 bits per heavy atom. The van der Waals surface area contributed by atoms with Crippen molar-refractivity contribution in [3.05, 3.63) is 53.3 Å². The Labute approximate surface area is 110 Å². The van der Waals surface area contributed by atoms with Crippen molar-refractivity contribution in [3.8, 4) is 5.75 Å². The Morgan fingerprint density at radius 3 is 2.61 bits per heavy atom. The molecule has 0 saturated carbocycles. The Kier molecular flexibility index (Phi) is 3.79. The summed E-state index contributed by atoms with van der Waals surface area (Å²) in [5.74, 6) is 0.427. The van der Waals surface area contributed by atoms with E-state index in [9.17, 15) is 4.79 Å². The second kappa shape index (κ2) is 5.51. The van der Waals surface area contributed by atoms with Gasteiger partial charge in [-0.3, -0.25) is 9.78 Å². The van der Waals surface area contributed by atoms with Gasteiger partial charge in [-0.15, -0.1) is 0 Å². The first-order chi connectivity index (χ1) is 8.69. The van der Waals surface area contributed by atoms with Gasteiger partial charge in [0.25, 0.3) is 5.91 Å². The first-order valence-corrected chi connectivity index (χ1v) is 5.64. The topological polar surface area (TPSA) is 51.2 Å². The van der Waals surface area contributed by atoms with Gasteiger partial charge in [0.05, 0.1) is 7.11 Å². The van der Waals surface area contributed by atoms with E-state index in [4.69, 9.17) is 16.3 Å². The molecule has 1 N–H and O–H groups in total. The van der Waals surface area contributed by atoms with Crippen LogP contribution in [0.15, 0.2) is 42.6 Å². The number of carbonyl (C=O) groups excluding carboxylic acids is 1. The van der Waals surface area contributed by atoms with Crippen LogP contribution in [0.25, 0.3) is 0 Å². The van der Waals surface area contributed by atoms with Gasteiger partial charge in [0.2, 0.25) is 0 Å². The number of methoxy groups -OCH3 is 1. The van der Waals surface area contributed by atoms with Crippen molar-refractivity contribution in [1.29, 1.82) is 0 Å². The highest BCUT2D eigenvalue weighted by molar-refractivity contribution is 6.30. The van der Waals surface area contributed by atoms with E-state index in [1.807, 2.05) is 0 Å². The van der Waals surface area contributed by atoms with Crippen molar-refractivity contribution in [2.75, 3.05) is 12.4 Å². The van der Waals surface area contributed by atoms with Crippen LogP contribution in [0.4, 0.5) is 5.69 Å². The van der Waals surface area contributed by atoms with Crippen LogP contribution in [0.1, 0.15) is 10.5 Å². The number of nitrogens with zero attached hydrogens (tertiary/aromatic N) is 1. The summed E-state index contributed by atoms with van der Waals surface area (Å²) < 4.78 is 5.03. The van der Waals surface area contributed by atoms with Crippen LogP contribution in [0.3, 0.4) is 0 Å². The van der Waals surface area contributed by atoms with Crippen LogP contribution in [0, 0.1) is 0 Å². The van der Waals surface area contributed by atoms with Gasteiger partial charge in [-0.1, -0.05) is 11.6 Å². The SMILES string of the molecule is COc1ccc(NC(=O)c2cc(Cl)ccn2)cc1. The third-order valence-electron chi connectivity index (χ3n) is 2.30. The number of rotatable bonds is 3. The van der Waals surface area contributed by atoms with E-state index < -0.39 is 0 Å². The molecular weight excluding hydrogens is 252 g/mol. The molecule has 4 nitrogen and oxygen atoms in total. The minimum Gasteiger partial charge on any atom is -0.497 e. The van der Waals surface area contributed by atoms with Gasteiger partial charge in [0, 0.05) is 16.9 Å². The summed E-state index contributed by atoms with van der Waals surface area (Å²) >= 11 is 5.79. The number of pyridine rings is 1. The van der Waals surface area contributed by atoms with Crippen molar-refractivity contribution >= 4 is 23.2 Å². The van der Waals surface area contributed by atoms with Crippen LogP contribution < -0.4 is 10.1 Å². The molecule has 2 rings (SSSR count). The molecule has 2 aromatic rings. The van der Waals surface area contributed by atoms with Crippen LogP contribution in [-0.4, -0.2) is 18.0 Å². The number of ether oxygens (including phenoxy) is 1. The first-order valence-electron chi connectivity index (χ1n) is 5.26. The minimum absolute atomic E-state index is 0.276. The van der Waals surface area contributed by atoms with Crippen LogP contribution in [-0.2, 0) is 0 Å². The van der Waals surface area contributed by atoms with E-state index in [-0.39, 0.29) is 11.6 Å². The summed E-state index contributed by atoms with van der Waals surface area (Å²) in [5, 5.41) is 3.20. The highest BCUT2D eigenvalue weighted by atomic mass is 35.5. The lowest BCUT2D eigenvalue weighted by Gasteiger charge is -2.05. The van der Waals surface area contributed by atoms with Crippen molar-refractivity contribution in [3.63, 3.8) is 0 Å². The third-order valence-corrected chi connectivity index (χ3v) is 2.54. The molecule has 0 radical (unpaired) electrons. The molecule has 18 heavy (non-hydrogen) atoms. The number of halogens is 1. The Balaban J connectivity index is 2.11.